The fraction of sp³-hybridized carbons (Fsp3) is 0.364. The SMILES string of the molecule is COc1cc(-n2ccc(NC(=O)N3CCN(C(=O)C(C)(C)NC(=O)O)CC3)nc2=O)ccc1C=O. The van der Waals surface area contributed by atoms with Crippen molar-refractivity contribution in [2.45, 2.75) is 19.4 Å². The Morgan fingerprint density at radius 1 is 1.11 bits per heavy atom. The molecule has 2 aromatic rings. The van der Waals surface area contributed by atoms with Gasteiger partial charge in [-0.2, -0.15) is 4.98 Å². The Morgan fingerprint density at radius 3 is 2.34 bits per heavy atom. The first-order valence-corrected chi connectivity index (χ1v) is 10.7. The lowest BCUT2D eigenvalue weighted by atomic mass is 10.0. The molecule has 3 rings (SSSR count). The molecule has 186 valence electrons. The van der Waals surface area contributed by atoms with Crippen LogP contribution in [0.3, 0.4) is 0 Å². The number of hydrogen-bond donors (Lipinski definition) is 3. The lowest BCUT2D eigenvalue weighted by Gasteiger charge is -2.38. The summed E-state index contributed by atoms with van der Waals surface area (Å²) in [5.41, 5.74) is -1.16. The smallest absolute Gasteiger partial charge is 0.405 e. The van der Waals surface area contributed by atoms with E-state index in [2.05, 4.69) is 15.6 Å². The Balaban J connectivity index is 1.63. The summed E-state index contributed by atoms with van der Waals surface area (Å²) in [7, 11) is 1.41. The maximum absolute atomic E-state index is 12.6. The van der Waals surface area contributed by atoms with Crippen LogP contribution < -0.4 is 21.1 Å². The Morgan fingerprint density at radius 2 is 1.77 bits per heavy atom. The van der Waals surface area contributed by atoms with Gasteiger partial charge in [-0.15, -0.1) is 0 Å². The first-order valence-electron chi connectivity index (χ1n) is 10.7. The highest BCUT2D eigenvalue weighted by atomic mass is 16.5. The number of aromatic nitrogens is 2. The summed E-state index contributed by atoms with van der Waals surface area (Å²) in [6, 6.07) is 5.59. The maximum Gasteiger partial charge on any atom is 0.405 e. The second-order valence-corrected chi connectivity index (χ2v) is 8.27. The first-order chi connectivity index (χ1) is 16.6. The number of benzene rings is 1. The molecule has 0 spiro atoms. The summed E-state index contributed by atoms with van der Waals surface area (Å²) in [5, 5.41) is 13.7. The van der Waals surface area contributed by atoms with Crippen LogP contribution >= 0.6 is 0 Å². The standard InChI is InChI=1S/C22H26N6O7/c1-22(2,25-21(33)34)18(30)26-8-10-27(11-9-26)19(31)23-17-6-7-28(20(32)24-17)15-5-4-14(13-29)16(12-15)35-3/h4-7,12-13,25H,8-11H2,1-3H3,(H,33,34)(H,23,24,31,32). The molecule has 1 saturated heterocycles. The maximum atomic E-state index is 12.6. The second kappa shape index (κ2) is 10.2. The highest BCUT2D eigenvalue weighted by Gasteiger charge is 2.35. The van der Waals surface area contributed by atoms with E-state index in [1.54, 1.807) is 6.07 Å². The number of rotatable bonds is 6. The first kappa shape index (κ1) is 25.2. The summed E-state index contributed by atoms with van der Waals surface area (Å²) in [6.07, 6.45) is 0.785. The fourth-order valence-corrected chi connectivity index (χ4v) is 3.63. The Bertz CT molecular complexity index is 1200. The molecular formula is C22H26N6O7. The zero-order chi connectivity index (χ0) is 25.8. The fourth-order valence-electron chi connectivity index (χ4n) is 3.63. The molecule has 0 aliphatic carbocycles. The predicted octanol–water partition coefficient (Wildman–Crippen LogP) is 0.776. The molecule has 35 heavy (non-hydrogen) atoms. The summed E-state index contributed by atoms with van der Waals surface area (Å²) in [4.78, 5) is 66.6. The molecule has 1 aliphatic heterocycles. The van der Waals surface area contributed by atoms with Crippen molar-refractivity contribution in [3.63, 3.8) is 0 Å². The quantitative estimate of drug-likeness (QED) is 0.504. The molecule has 2 heterocycles. The van der Waals surface area contributed by atoms with E-state index in [1.165, 1.54) is 59.7 Å². The normalized spacial score (nSPS) is 13.7. The van der Waals surface area contributed by atoms with Gasteiger partial charge in [-0.25, -0.2) is 14.4 Å². The third-order valence-electron chi connectivity index (χ3n) is 5.47. The number of anilines is 1. The van der Waals surface area contributed by atoms with E-state index in [0.29, 0.717) is 23.3 Å². The highest BCUT2D eigenvalue weighted by molar-refractivity contribution is 5.90. The minimum atomic E-state index is -1.30. The van der Waals surface area contributed by atoms with E-state index in [1.807, 2.05) is 0 Å². The van der Waals surface area contributed by atoms with Crippen molar-refractivity contribution in [1.29, 1.82) is 0 Å². The van der Waals surface area contributed by atoms with Crippen molar-refractivity contribution >= 4 is 30.1 Å². The average Bonchev–Trinajstić information content (AvgIpc) is 2.82. The van der Waals surface area contributed by atoms with Gasteiger partial charge in [-0.05, 0) is 32.0 Å². The molecule has 1 aliphatic rings. The van der Waals surface area contributed by atoms with E-state index in [4.69, 9.17) is 9.84 Å². The van der Waals surface area contributed by atoms with Crippen LogP contribution in [0.25, 0.3) is 5.69 Å². The minimum Gasteiger partial charge on any atom is -0.496 e. The Hall–Kier alpha value is -4.42. The molecule has 1 aromatic carbocycles. The second-order valence-electron chi connectivity index (χ2n) is 8.27. The van der Waals surface area contributed by atoms with Crippen molar-refractivity contribution < 1.29 is 29.0 Å². The van der Waals surface area contributed by atoms with Gasteiger partial charge >= 0.3 is 17.8 Å². The van der Waals surface area contributed by atoms with E-state index >= 15 is 0 Å². The van der Waals surface area contributed by atoms with Crippen LogP contribution in [0, 0.1) is 0 Å². The molecule has 4 amide bonds. The number of nitrogens with zero attached hydrogens (tertiary/aromatic N) is 4. The van der Waals surface area contributed by atoms with Crippen molar-refractivity contribution in [1.82, 2.24) is 24.7 Å². The average molecular weight is 486 g/mol. The van der Waals surface area contributed by atoms with E-state index in [0.717, 1.165) is 0 Å². The van der Waals surface area contributed by atoms with Gasteiger partial charge in [-0.1, -0.05) is 0 Å². The van der Waals surface area contributed by atoms with Crippen LogP contribution in [0.1, 0.15) is 24.2 Å². The van der Waals surface area contributed by atoms with Gasteiger partial charge < -0.3 is 25.0 Å². The molecule has 13 nitrogen and oxygen atoms in total. The van der Waals surface area contributed by atoms with Gasteiger partial charge in [0.25, 0.3) is 0 Å². The summed E-state index contributed by atoms with van der Waals surface area (Å²) >= 11 is 0. The highest BCUT2D eigenvalue weighted by Crippen LogP contribution is 2.20. The summed E-state index contributed by atoms with van der Waals surface area (Å²) < 4.78 is 6.40. The molecule has 0 radical (unpaired) electrons. The predicted molar refractivity (Wildman–Crippen MR) is 124 cm³/mol. The van der Waals surface area contributed by atoms with Crippen LogP contribution in [0.4, 0.5) is 15.4 Å². The Kier molecular flexibility index (Phi) is 7.37. The summed E-state index contributed by atoms with van der Waals surface area (Å²) in [6.45, 7) is 3.85. The van der Waals surface area contributed by atoms with Gasteiger partial charge in [0.1, 0.15) is 17.1 Å². The number of methoxy groups -OCH3 is 1. The van der Waals surface area contributed by atoms with Crippen LogP contribution in [0.15, 0.2) is 35.3 Å². The molecule has 1 fully saturated rings. The van der Waals surface area contributed by atoms with Crippen molar-refractivity contribution in [2.75, 3.05) is 38.6 Å². The molecule has 1 aromatic heterocycles. The number of carbonyl (C=O) groups is 4. The van der Waals surface area contributed by atoms with E-state index < -0.39 is 23.4 Å². The van der Waals surface area contributed by atoms with Gasteiger partial charge in [0.15, 0.2) is 6.29 Å². The molecule has 0 atom stereocenters. The molecule has 0 unspecified atom stereocenters. The molecule has 0 bridgehead atoms. The number of hydrogen-bond acceptors (Lipinski definition) is 7. The number of carboxylic acid groups (broad SMARTS) is 1. The molecule has 0 saturated carbocycles. The zero-order valence-electron chi connectivity index (χ0n) is 19.5. The van der Waals surface area contributed by atoms with E-state index in [9.17, 15) is 24.0 Å². The third-order valence-corrected chi connectivity index (χ3v) is 5.47. The van der Waals surface area contributed by atoms with Gasteiger partial charge in [-0.3, -0.25) is 19.5 Å². The van der Waals surface area contributed by atoms with Crippen LogP contribution in [-0.4, -0.2) is 87.6 Å². The topological polar surface area (TPSA) is 163 Å². The van der Waals surface area contributed by atoms with Gasteiger partial charge in [0.05, 0.1) is 18.4 Å². The molecular weight excluding hydrogens is 460 g/mol. The van der Waals surface area contributed by atoms with Crippen molar-refractivity contribution in [2.24, 2.45) is 0 Å². The number of ether oxygens (including phenoxy) is 1. The minimum absolute atomic E-state index is 0.0537. The number of amides is 4. The van der Waals surface area contributed by atoms with Crippen LogP contribution in [-0.2, 0) is 4.79 Å². The van der Waals surface area contributed by atoms with Crippen LogP contribution in [0.5, 0.6) is 5.75 Å². The Labute approximate surface area is 200 Å². The molecule has 13 heteroatoms. The lowest BCUT2D eigenvalue weighted by molar-refractivity contribution is -0.138. The summed E-state index contributed by atoms with van der Waals surface area (Å²) in [5.74, 6) is -0.0254. The number of nitrogens with one attached hydrogen (secondary N) is 2. The zero-order valence-corrected chi connectivity index (χ0v) is 19.5. The number of carbonyl (C=O) groups excluding carboxylic acids is 3. The largest absolute Gasteiger partial charge is 0.496 e. The number of urea groups is 1. The molecule has 3 N–H and O–H groups in total. The number of piperazine rings is 1. The van der Waals surface area contributed by atoms with Crippen molar-refractivity contribution in [3.8, 4) is 11.4 Å². The third kappa shape index (κ3) is 5.75. The van der Waals surface area contributed by atoms with Crippen molar-refractivity contribution in [3.05, 3.63) is 46.5 Å². The van der Waals surface area contributed by atoms with Gasteiger partial charge in [0, 0.05) is 38.4 Å². The number of aldehydes is 1. The lowest BCUT2D eigenvalue weighted by Crippen LogP contribution is -2.60. The van der Waals surface area contributed by atoms with Gasteiger partial charge in [0.2, 0.25) is 5.91 Å². The van der Waals surface area contributed by atoms with Crippen LogP contribution in [0.2, 0.25) is 0 Å². The van der Waals surface area contributed by atoms with E-state index in [-0.39, 0.29) is 37.9 Å². The monoisotopic (exact) mass is 486 g/mol.